The van der Waals surface area contributed by atoms with E-state index in [1.165, 1.54) is 0 Å². The maximum Gasteiger partial charge on any atom is 0.573 e. The Labute approximate surface area is 93.0 Å². The van der Waals surface area contributed by atoms with Crippen molar-refractivity contribution in [3.63, 3.8) is 0 Å². The van der Waals surface area contributed by atoms with E-state index in [0.29, 0.717) is 0 Å². The number of alkyl halides is 3. The summed E-state index contributed by atoms with van der Waals surface area (Å²) in [6, 6.07) is 0.728. The maximum absolute atomic E-state index is 12.0. The molecule has 0 aliphatic heterocycles. The monoisotopic (exact) mass is 251 g/mol. The number of halogens is 3. The van der Waals surface area contributed by atoms with E-state index < -0.39 is 23.8 Å². The fourth-order valence-electron chi connectivity index (χ4n) is 1.07. The molecule has 17 heavy (non-hydrogen) atoms. The molecule has 0 spiro atoms. The molecule has 0 amide bonds. The van der Waals surface area contributed by atoms with Crippen LogP contribution in [-0.4, -0.2) is 22.4 Å². The lowest BCUT2D eigenvalue weighted by Gasteiger charge is -2.12. The Hall–Kier alpha value is -2.03. The van der Waals surface area contributed by atoms with Gasteiger partial charge in [0.2, 0.25) is 0 Å². The summed E-state index contributed by atoms with van der Waals surface area (Å²) in [4.78, 5) is 14.1. The van der Waals surface area contributed by atoms with Crippen molar-refractivity contribution in [2.75, 3.05) is 5.73 Å². The minimum atomic E-state index is -5.03. The standard InChI is InChI=1S/C8H8F3N3O3/c9-8(10,11)17-5-1-3(13)4(2-12)14-6(5)7(15)16/h1H,2,12-13H2,(H,15,16). The van der Waals surface area contributed by atoms with E-state index in [4.69, 9.17) is 16.6 Å². The van der Waals surface area contributed by atoms with Crippen LogP contribution in [0.4, 0.5) is 18.9 Å². The number of anilines is 1. The number of hydrogen-bond acceptors (Lipinski definition) is 5. The second-order valence-corrected chi connectivity index (χ2v) is 2.93. The molecule has 1 aromatic heterocycles. The number of nitrogens with zero attached hydrogens (tertiary/aromatic N) is 1. The van der Waals surface area contributed by atoms with Gasteiger partial charge >= 0.3 is 12.3 Å². The first-order valence-corrected chi connectivity index (χ1v) is 4.23. The number of nitrogens with two attached hydrogens (primary N) is 2. The van der Waals surface area contributed by atoms with E-state index in [-0.39, 0.29) is 17.9 Å². The van der Waals surface area contributed by atoms with Crippen molar-refractivity contribution < 1.29 is 27.8 Å². The average Bonchev–Trinajstić information content (AvgIpc) is 2.14. The van der Waals surface area contributed by atoms with Gasteiger partial charge in [0.15, 0.2) is 11.4 Å². The maximum atomic E-state index is 12.0. The van der Waals surface area contributed by atoms with Crippen LogP contribution in [0, 0.1) is 0 Å². The molecular formula is C8H8F3N3O3. The van der Waals surface area contributed by atoms with Crippen LogP contribution in [0.15, 0.2) is 6.07 Å². The number of rotatable bonds is 3. The van der Waals surface area contributed by atoms with E-state index in [0.717, 1.165) is 6.07 Å². The van der Waals surface area contributed by atoms with Crippen molar-refractivity contribution >= 4 is 11.7 Å². The van der Waals surface area contributed by atoms with Crippen LogP contribution in [0.5, 0.6) is 5.75 Å². The molecule has 0 saturated heterocycles. The Balaban J connectivity index is 3.28. The van der Waals surface area contributed by atoms with Gasteiger partial charge in [-0.2, -0.15) is 0 Å². The van der Waals surface area contributed by atoms with E-state index in [9.17, 15) is 18.0 Å². The minimum absolute atomic E-state index is 0.0167. The third kappa shape index (κ3) is 3.21. The minimum Gasteiger partial charge on any atom is -0.476 e. The number of aromatic carboxylic acids is 1. The summed E-state index contributed by atoms with van der Waals surface area (Å²) in [7, 11) is 0. The zero-order valence-electron chi connectivity index (χ0n) is 8.28. The van der Waals surface area contributed by atoms with Gasteiger partial charge in [0.05, 0.1) is 11.4 Å². The van der Waals surface area contributed by atoms with Crippen molar-refractivity contribution in [2.45, 2.75) is 12.9 Å². The van der Waals surface area contributed by atoms with Crippen LogP contribution in [0.25, 0.3) is 0 Å². The highest BCUT2D eigenvalue weighted by atomic mass is 19.4. The summed E-state index contributed by atoms with van der Waals surface area (Å²) in [5, 5.41) is 8.68. The second-order valence-electron chi connectivity index (χ2n) is 2.93. The van der Waals surface area contributed by atoms with Crippen molar-refractivity contribution in [3.8, 4) is 5.75 Å². The molecule has 6 nitrogen and oxygen atoms in total. The Bertz CT molecular complexity index is 448. The van der Waals surface area contributed by atoms with Gasteiger partial charge in [-0.15, -0.1) is 13.2 Å². The quantitative estimate of drug-likeness (QED) is 0.729. The normalized spacial score (nSPS) is 11.3. The highest BCUT2D eigenvalue weighted by Gasteiger charge is 2.34. The predicted molar refractivity (Wildman–Crippen MR) is 50.2 cm³/mol. The lowest BCUT2D eigenvalue weighted by molar-refractivity contribution is -0.274. The van der Waals surface area contributed by atoms with Gasteiger partial charge in [-0.3, -0.25) is 0 Å². The fraction of sp³-hybridized carbons (Fsp3) is 0.250. The first kappa shape index (κ1) is 13.0. The van der Waals surface area contributed by atoms with Gasteiger partial charge in [0, 0.05) is 12.6 Å². The first-order chi connectivity index (χ1) is 7.74. The zero-order valence-corrected chi connectivity index (χ0v) is 8.28. The average molecular weight is 251 g/mol. The largest absolute Gasteiger partial charge is 0.573 e. The number of carbonyl (C=O) groups is 1. The third-order valence-electron chi connectivity index (χ3n) is 1.72. The van der Waals surface area contributed by atoms with Crippen molar-refractivity contribution in [2.24, 2.45) is 5.73 Å². The van der Waals surface area contributed by atoms with Crippen LogP contribution < -0.4 is 16.2 Å². The molecule has 0 atom stereocenters. The smallest absolute Gasteiger partial charge is 0.476 e. The molecule has 0 fully saturated rings. The Morgan fingerprint density at radius 1 is 1.53 bits per heavy atom. The van der Waals surface area contributed by atoms with Crippen LogP contribution in [0.2, 0.25) is 0 Å². The SMILES string of the molecule is NCc1nc(C(=O)O)c(OC(F)(F)F)cc1N. The van der Waals surface area contributed by atoms with E-state index in [1.807, 2.05) is 0 Å². The summed E-state index contributed by atoms with van der Waals surface area (Å²) in [6.45, 7) is -0.196. The number of nitrogen functional groups attached to an aromatic ring is 1. The topological polar surface area (TPSA) is 111 Å². The molecular weight excluding hydrogens is 243 g/mol. The van der Waals surface area contributed by atoms with Crippen LogP contribution in [0.3, 0.4) is 0 Å². The molecule has 0 radical (unpaired) electrons. The molecule has 0 unspecified atom stereocenters. The predicted octanol–water partition coefficient (Wildman–Crippen LogP) is 0.719. The number of hydrogen-bond donors (Lipinski definition) is 3. The van der Waals surface area contributed by atoms with E-state index in [1.54, 1.807) is 0 Å². The molecule has 1 rings (SSSR count). The molecule has 0 aliphatic carbocycles. The highest BCUT2D eigenvalue weighted by molar-refractivity contribution is 5.89. The number of ether oxygens (including phenoxy) is 1. The number of carboxylic acids is 1. The summed E-state index contributed by atoms with van der Waals surface area (Å²) < 4.78 is 39.5. The molecule has 0 saturated carbocycles. The lowest BCUT2D eigenvalue weighted by Crippen LogP contribution is -2.21. The molecule has 0 aromatic carbocycles. The van der Waals surface area contributed by atoms with E-state index >= 15 is 0 Å². The number of carboxylic acid groups (broad SMARTS) is 1. The molecule has 5 N–H and O–H groups in total. The number of aromatic nitrogens is 1. The van der Waals surface area contributed by atoms with Gasteiger partial charge in [-0.25, -0.2) is 9.78 Å². The Morgan fingerprint density at radius 2 is 2.12 bits per heavy atom. The summed E-state index contributed by atoms with van der Waals surface area (Å²) in [6.07, 6.45) is -5.03. The molecule has 94 valence electrons. The van der Waals surface area contributed by atoms with Gasteiger partial charge < -0.3 is 21.3 Å². The Kier molecular flexibility index (Phi) is 3.42. The summed E-state index contributed by atoms with van der Waals surface area (Å²) >= 11 is 0. The van der Waals surface area contributed by atoms with Crippen molar-refractivity contribution in [1.29, 1.82) is 0 Å². The molecule has 9 heteroatoms. The Morgan fingerprint density at radius 3 is 2.53 bits per heavy atom. The lowest BCUT2D eigenvalue weighted by atomic mass is 10.2. The summed E-state index contributed by atoms with van der Waals surface area (Å²) in [5.41, 5.74) is 9.46. The van der Waals surface area contributed by atoms with E-state index in [2.05, 4.69) is 9.72 Å². The molecule has 1 heterocycles. The van der Waals surface area contributed by atoms with Crippen LogP contribution >= 0.6 is 0 Å². The molecule has 0 bridgehead atoms. The first-order valence-electron chi connectivity index (χ1n) is 4.23. The van der Waals surface area contributed by atoms with Gasteiger partial charge in [-0.1, -0.05) is 0 Å². The van der Waals surface area contributed by atoms with Gasteiger partial charge in [0.1, 0.15) is 0 Å². The van der Waals surface area contributed by atoms with Crippen molar-refractivity contribution in [1.82, 2.24) is 4.98 Å². The fourth-order valence-corrected chi connectivity index (χ4v) is 1.07. The molecule has 1 aromatic rings. The van der Waals surface area contributed by atoms with Gasteiger partial charge in [-0.05, 0) is 0 Å². The van der Waals surface area contributed by atoms with Crippen LogP contribution in [-0.2, 0) is 6.54 Å². The van der Waals surface area contributed by atoms with Gasteiger partial charge in [0.25, 0.3) is 0 Å². The second kappa shape index (κ2) is 4.45. The number of pyridine rings is 1. The van der Waals surface area contributed by atoms with Crippen LogP contribution in [0.1, 0.15) is 16.2 Å². The van der Waals surface area contributed by atoms with Crippen molar-refractivity contribution in [3.05, 3.63) is 17.5 Å². The molecule has 0 aliphatic rings. The summed E-state index contributed by atoms with van der Waals surface area (Å²) in [5.74, 6) is -2.64. The third-order valence-corrected chi connectivity index (χ3v) is 1.72. The highest BCUT2D eigenvalue weighted by Crippen LogP contribution is 2.28. The zero-order chi connectivity index (χ0) is 13.2.